The first kappa shape index (κ1) is 15.3. The van der Waals surface area contributed by atoms with Gasteiger partial charge in [-0.05, 0) is 31.0 Å². The molecule has 0 aromatic heterocycles. The fourth-order valence-corrected chi connectivity index (χ4v) is 3.95. The van der Waals surface area contributed by atoms with Gasteiger partial charge in [0.05, 0.1) is 6.10 Å². The minimum absolute atomic E-state index is 0.253. The molecule has 2 aromatic carbocycles. The van der Waals surface area contributed by atoms with Crippen LogP contribution >= 0.6 is 0 Å². The summed E-state index contributed by atoms with van der Waals surface area (Å²) >= 11 is 0. The van der Waals surface area contributed by atoms with Gasteiger partial charge in [-0.3, -0.25) is 4.90 Å². The zero-order valence-corrected chi connectivity index (χ0v) is 13.4. The third kappa shape index (κ3) is 2.81. The minimum Gasteiger partial charge on any atom is -0.393 e. The average Bonchev–Trinajstić information content (AvgIpc) is 2.57. The largest absolute Gasteiger partial charge is 0.393 e. The lowest BCUT2D eigenvalue weighted by atomic mass is 9.77. The van der Waals surface area contributed by atoms with E-state index < -0.39 is 0 Å². The smallest absolute Gasteiger partial charge is 0.0604 e. The van der Waals surface area contributed by atoms with E-state index in [1.54, 1.807) is 0 Å². The van der Waals surface area contributed by atoms with E-state index in [-0.39, 0.29) is 24.1 Å². The molecule has 2 aromatic rings. The molecule has 116 valence electrons. The second-order valence-electron chi connectivity index (χ2n) is 6.32. The number of hydrogen-bond acceptors (Lipinski definition) is 2. The summed E-state index contributed by atoms with van der Waals surface area (Å²) in [5.41, 5.74) is 2.59. The summed E-state index contributed by atoms with van der Waals surface area (Å²) in [5, 5.41) is 10.7. The van der Waals surface area contributed by atoms with Crippen LogP contribution in [-0.2, 0) is 0 Å². The lowest BCUT2D eigenvalue weighted by Gasteiger charge is -2.47. The Kier molecular flexibility index (Phi) is 4.60. The van der Waals surface area contributed by atoms with Gasteiger partial charge in [-0.15, -0.1) is 0 Å². The zero-order chi connectivity index (χ0) is 15.5. The first-order chi connectivity index (χ1) is 10.7. The molecular formula is C20H25NO. The van der Waals surface area contributed by atoms with Crippen molar-refractivity contribution in [2.45, 2.75) is 38.0 Å². The van der Waals surface area contributed by atoms with Gasteiger partial charge in [-0.25, -0.2) is 0 Å². The van der Waals surface area contributed by atoms with Crippen LogP contribution < -0.4 is 0 Å². The summed E-state index contributed by atoms with van der Waals surface area (Å²) in [6.07, 6.45) is 1.55. The van der Waals surface area contributed by atoms with Crippen LogP contribution in [0.15, 0.2) is 60.7 Å². The van der Waals surface area contributed by atoms with Gasteiger partial charge in [0.15, 0.2) is 0 Å². The third-order valence-corrected chi connectivity index (χ3v) is 5.09. The molecule has 1 fully saturated rings. The van der Waals surface area contributed by atoms with E-state index in [2.05, 4.69) is 73.5 Å². The van der Waals surface area contributed by atoms with Crippen LogP contribution in [0.2, 0.25) is 0 Å². The van der Waals surface area contributed by atoms with E-state index in [0.29, 0.717) is 0 Å². The molecule has 0 unspecified atom stereocenters. The number of hydrogen-bond donors (Lipinski definition) is 1. The average molecular weight is 295 g/mol. The molecule has 0 amide bonds. The number of nitrogens with zero attached hydrogens (tertiary/aromatic N) is 1. The van der Waals surface area contributed by atoms with Crippen molar-refractivity contribution in [2.75, 3.05) is 7.05 Å². The predicted molar refractivity (Wildman–Crippen MR) is 90.5 cm³/mol. The molecule has 2 nitrogen and oxygen atoms in total. The van der Waals surface area contributed by atoms with E-state index in [0.717, 1.165) is 12.8 Å². The van der Waals surface area contributed by atoms with Crippen LogP contribution in [-0.4, -0.2) is 23.2 Å². The van der Waals surface area contributed by atoms with Crippen molar-refractivity contribution in [2.24, 2.45) is 5.92 Å². The van der Waals surface area contributed by atoms with E-state index in [1.807, 2.05) is 6.07 Å². The number of rotatable bonds is 3. The molecule has 0 aliphatic carbocycles. The van der Waals surface area contributed by atoms with Gasteiger partial charge < -0.3 is 5.11 Å². The van der Waals surface area contributed by atoms with Crippen LogP contribution in [0.5, 0.6) is 0 Å². The lowest BCUT2D eigenvalue weighted by Crippen LogP contribution is -2.45. The number of benzene rings is 2. The van der Waals surface area contributed by atoms with Gasteiger partial charge >= 0.3 is 0 Å². The second kappa shape index (κ2) is 6.64. The second-order valence-corrected chi connectivity index (χ2v) is 6.32. The first-order valence-electron chi connectivity index (χ1n) is 8.22. The molecule has 3 rings (SSSR count). The fourth-order valence-electron chi connectivity index (χ4n) is 3.95. The van der Waals surface area contributed by atoms with Gasteiger partial charge in [-0.1, -0.05) is 67.6 Å². The predicted octanol–water partition coefficient (Wildman–Crippen LogP) is 4.19. The Balaban J connectivity index is 1.97. The topological polar surface area (TPSA) is 23.5 Å². The van der Waals surface area contributed by atoms with E-state index >= 15 is 0 Å². The first-order valence-corrected chi connectivity index (χ1v) is 8.22. The van der Waals surface area contributed by atoms with Crippen molar-refractivity contribution in [1.29, 1.82) is 0 Å². The molecule has 1 heterocycles. The Morgan fingerprint density at radius 2 is 1.50 bits per heavy atom. The van der Waals surface area contributed by atoms with Gasteiger partial charge in [0.1, 0.15) is 0 Å². The Bertz CT molecular complexity index is 583. The Morgan fingerprint density at radius 3 is 2.05 bits per heavy atom. The number of likely N-dealkylation sites (tertiary alicyclic amines) is 1. The van der Waals surface area contributed by atoms with E-state index in [1.165, 1.54) is 11.1 Å². The molecule has 2 heteroatoms. The summed E-state index contributed by atoms with van der Waals surface area (Å²) in [6.45, 7) is 2.18. The maximum Gasteiger partial charge on any atom is 0.0604 e. The Labute approximate surface area is 133 Å². The Hall–Kier alpha value is -1.64. The van der Waals surface area contributed by atoms with Crippen molar-refractivity contribution in [3.8, 4) is 0 Å². The molecular weight excluding hydrogens is 270 g/mol. The molecule has 0 saturated carbocycles. The summed E-state index contributed by atoms with van der Waals surface area (Å²) in [7, 11) is 2.20. The highest BCUT2D eigenvalue weighted by Gasteiger charge is 2.40. The number of aliphatic hydroxyl groups excluding tert-OH is 1. The quantitative estimate of drug-likeness (QED) is 0.917. The zero-order valence-electron chi connectivity index (χ0n) is 13.4. The highest BCUT2D eigenvalue weighted by atomic mass is 16.3. The molecule has 1 aliphatic rings. The number of aliphatic hydroxyl groups is 1. The van der Waals surface area contributed by atoms with Crippen LogP contribution in [0.3, 0.4) is 0 Å². The molecule has 0 spiro atoms. The third-order valence-electron chi connectivity index (χ3n) is 5.09. The van der Waals surface area contributed by atoms with Crippen LogP contribution in [0, 0.1) is 5.92 Å². The highest BCUT2D eigenvalue weighted by Crippen LogP contribution is 2.45. The molecule has 1 aliphatic heterocycles. The minimum atomic E-state index is -0.253. The standard InChI is InChI=1S/C20H25NO/c1-3-17-19(22)14-18(15-10-6-4-7-11-15)21(2)20(17)16-12-8-5-9-13-16/h4-13,17-20,22H,3,14H2,1-2H3/t17-,18+,19+,20+/m0/s1. The van der Waals surface area contributed by atoms with Crippen molar-refractivity contribution >= 4 is 0 Å². The fraction of sp³-hybridized carbons (Fsp3) is 0.400. The summed E-state index contributed by atoms with van der Waals surface area (Å²) < 4.78 is 0. The van der Waals surface area contributed by atoms with E-state index in [9.17, 15) is 5.11 Å². The lowest BCUT2D eigenvalue weighted by molar-refractivity contribution is -0.0418. The van der Waals surface area contributed by atoms with Gasteiger partial charge in [0.25, 0.3) is 0 Å². The molecule has 4 atom stereocenters. The van der Waals surface area contributed by atoms with Gasteiger partial charge in [0, 0.05) is 18.0 Å². The highest BCUT2D eigenvalue weighted by molar-refractivity contribution is 5.25. The van der Waals surface area contributed by atoms with Crippen molar-refractivity contribution in [3.05, 3.63) is 71.8 Å². The molecule has 22 heavy (non-hydrogen) atoms. The van der Waals surface area contributed by atoms with Crippen LogP contribution in [0.25, 0.3) is 0 Å². The Morgan fingerprint density at radius 1 is 0.955 bits per heavy atom. The molecule has 1 saturated heterocycles. The molecule has 0 bridgehead atoms. The van der Waals surface area contributed by atoms with Crippen molar-refractivity contribution < 1.29 is 5.11 Å². The van der Waals surface area contributed by atoms with Crippen LogP contribution in [0.4, 0.5) is 0 Å². The molecule has 1 N–H and O–H groups in total. The van der Waals surface area contributed by atoms with E-state index in [4.69, 9.17) is 0 Å². The maximum absolute atomic E-state index is 10.7. The van der Waals surface area contributed by atoms with Crippen LogP contribution in [0.1, 0.15) is 43.0 Å². The normalized spacial score (nSPS) is 29.4. The summed E-state index contributed by atoms with van der Waals surface area (Å²) in [5.74, 6) is 0.285. The summed E-state index contributed by atoms with van der Waals surface area (Å²) in [6, 6.07) is 21.7. The number of piperidine rings is 1. The maximum atomic E-state index is 10.7. The van der Waals surface area contributed by atoms with Gasteiger partial charge in [-0.2, -0.15) is 0 Å². The summed E-state index contributed by atoms with van der Waals surface area (Å²) in [4.78, 5) is 2.45. The monoisotopic (exact) mass is 295 g/mol. The SMILES string of the molecule is CC[C@H]1[C@H](O)C[C@H](c2ccccc2)N(C)[C@@H]1c1ccccc1. The van der Waals surface area contributed by atoms with Crippen molar-refractivity contribution in [3.63, 3.8) is 0 Å². The van der Waals surface area contributed by atoms with Gasteiger partial charge in [0.2, 0.25) is 0 Å². The van der Waals surface area contributed by atoms with Crippen molar-refractivity contribution in [1.82, 2.24) is 4.90 Å². The molecule has 0 radical (unpaired) electrons.